The molecule has 0 unspecified atom stereocenters. The van der Waals surface area contributed by atoms with Gasteiger partial charge in [0.2, 0.25) is 5.91 Å². The highest BCUT2D eigenvalue weighted by Crippen LogP contribution is 2.30. The average molecular weight is 406 g/mol. The molecule has 1 fully saturated rings. The number of halogens is 1. The second kappa shape index (κ2) is 8.05. The van der Waals surface area contributed by atoms with Crippen molar-refractivity contribution >= 4 is 34.8 Å². The number of nitrogens with one attached hydrogen (secondary N) is 1. The topological polar surface area (TPSA) is 62.3 Å². The fourth-order valence-corrected chi connectivity index (χ4v) is 3.73. The fourth-order valence-electron chi connectivity index (χ4n) is 3.51. The normalized spacial score (nSPS) is 13.6. The molecule has 146 valence electrons. The fraction of sp³-hybridized carbons (Fsp3) is 0.174. The molecule has 1 saturated heterocycles. The Morgan fingerprint density at radius 3 is 2.69 bits per heavy atom. The number of nitrogens with zero attached hydrogens (tertiary/aromatic N) is 2. The Kier molecular flexibility index (Phi) is 5.32. The second-order valence-electron chi connectivity index (χ2n) is 7.01. The first-order valence-electron chi connectivity index (χ1n) is 9.46. The van der Waals surface area contributed by atoms with Crippen molar-refractivity contribution in [3.8, 4) is 11.3 Å². The molecule has 1 N–H and O–H groups in total. The molecule has 1 aliphatic rings. The average Bonchev–Trinajstić information content (AvgIpc) is 3.16. The second-order valence-corrected chi connectivity index (χ2v) is 7.42. The molecular formula is C23H20ClN3O2. The summed E-state index contributed by atoms with van der Waals surface area (Å²) in [5, 5.41) is 3.50. The van der Waals surface area contributed by atoms with Gasteiger partial charge in [-0.2, -0.15) is 0 Å². The minimum absolute atomic E-state index is 0.129. The maximum Gasteiger partial charge on any atom is 0.255 e. The van der Waals surface area contributed by atoms with Crippen LogP contribution in [-0.2, 0) is 4.79 Å². The predicted molar refractivity (Wildman–Crippen MR) is 115 cm³/mol. The third kappa shape index (κ3) is 4.00. The van der Waals surface area contributed by atoms with Crippen molar-refractivity contribution in [1.29, 1.82) is 0 Å². The van der Waals surface area contributed by atoms with Gasteiger partial charge >= 0.3 is 0 Å². The lowest BCUT2D eigenvalue weighted by Crippen LogP contribution is -2.24. The summed E-state index contributed by atoms with van der Waals surface area (Å²) in [5.74, 6) is -0.0825. The Morgan fingerprint density at radius 1 is 1.14 bits per heavy atom. The van der Waals surface area contributed by atoms with E-state index >= 15 is 0 Å². The van der Waals surface area contributed by atoms with Crippen molar-refractivity contribution in [3.05, 3.63) is 76.9 Å². The van der Waals surface area contributed by atoms with E-state index in [1.807, 2.05) is 43.3 Å². The van der Waals surface area contributed by atoms with Gasteiger partial charge in [0, 0.05) is 41.7 Å². The van der Waals surface area contributed by atoms with Gasteiger partial charge in [-0.3, -0.25) is 14.6 Å². The summed E-state index contributed by atoms with van der Waals surface area (Å²) in [5.41, 5.74) is 4.35. The lowest BCUT2D eigenvalue weighted by Gasteiger charge is -2.17. The molecule has 6 heteroatoms. The van der Waals surface area contributed by atoms with E-state index in [-0.39, 0.29) is 11.8 Å². The van der Waals surface area contributed by atoms with Crippen LogP contribution >= 0.6 is 11.6 Å². The highest BCUT2D eigenvalue weighted by molar-refractivity contribution is 6.33. The molecule has 1 aliphatic heterocycles. The molecule has 3 aromatic rings. The van der Waals surface area contributed by atoms with Crippen LogP contribution in [0.15, 0.2) is 60.8 Å². The molecule has 2 aromatic carbocycles. The van der Waals surface area contributed by atoms with E-state index < -0.39 is 0 Å². The van der Waals surface area contributed by atoms with Crippen LogP contribution < -0.4 is 10.2 Å². The van der Waals surface area contributed by atoms with Crippen LogP contribution in [0.4, 0.5) is 11.4 Å². The number of aromatic nitrogens is 1. The van der Waals surface area contributed by atoms with Crippen LogP contribution in [-0.4, -0.2) is 23.3 Å². The molecule has 0 spiro atoms. The van der Waals surface area contributed by atoms with Gasteiger partial charge in [0.15, 0.2) is 0 Å². The number of hydrogen-bond acceptors (Lipinski definition) is 3. The molecule has 0 bridgehead atoms. The first kappa shape index (κ1) is 19.2. The third-order valence-electron chi connectivity index (χ3n) is 5.00. The maximum atomic E-state index is 12.8. The van der Waals surface area contributed by atoms with Crippen LogP contribution in [0.2, 0.25) is 5.02 Å². The minimum atomic E-state index is -0.212. The molecule has 0 atom stereocenters. The monoisotopic (exact) mass is 405 g/mol. The number of carbonyl (C=O) groups is 2. The number of benzene rings is 2. The van der Waals surface area contributed by atoms with E-state index in [1.54, 1.807) is 29.3 Å². The Labute approximate surface area is 174 Å². The number of rotatable bonds is 4. The van der Waals surface area contributed by atoms with Crippen molar-refractivity contribution in [3.63, 3.8) is 0 Å². The Balaban J connectivity index is 1.56. The Morgan fingerprint density at radius 2 is 2.00 bits per heavy atom. The van der Waals surface area contributed by atoms with Crippen LogP contribution in [0.5, 0.6) is 0 Å². The SMILES string of the molecule is Cc1cc(N2CCCC2=O)ccc1C(=O)Nc1ccc(Cl)c(-c2ccccn2)c1. The molecule has 29 heavy (non-hydrogen) atoms. The van der Waals surface area contributed by atoms with Crippen molar-refractivity contribution in [2.45, 2.75) is 19.8 Å². The number of pyridine rings is 1. The third-order valence-corrected chi connectivity index (χ3v) is 5.33. The summed E-state index contributed by atoms with van der Waals surface area (Å²) in [4.78, 5) is 30.9. The zero-order valence-corrected chi connectivity index (χ0v) is 16.7. The molecular weight excluding hydrogens is 386 g/mol. The van der Waals surface area contributed by atoms with Gasteiger partial charge in [0.1, 0.15) is 0 Å². The first-order valence-corrected chi connectivity index (χ1v) is 9.84. The van der Waals surface area contributed by atoms with Crippen molar-refractivity contribution in [2.75, 3.05) is 16.8 Å². The summed E-state index contributed by atoms with van der Waals surface area (Å²) in [6.07, 6.45) is 3.15. The van der Waals surface area contributed by atoms with Crippen LogP contribution in [0, 0.1) is 6.92 Å². The summed E-state index contributed by atoms with van der Waals surface area (Å²) in [6.45, 7) is 2.60. The zero-order chi connectivity index (χ0) is 20.4. The zero-order valence-electron chi connectivity index (χ0n) is 16.0. The van der Waals surface area contributed by atoms with Gasteiger partial charge in [0.25, 0.3) is 5.91 Å². The van der Waals surface area contributed by atoms with Crippen LogP contribution in [0.25, 0.3) is 11.3 Å². The molecule has 0 saturated carbocycles. The van der Waals surface area contributed by atoms with Crippen molar-refractivity contribution in [1.82, 2.24) is 4.98 Å². The standard InChI is InChI=1S/C23H20ClN3O2/c1-15-13-17(27-12-4-6-22(27)28)8-9-18(15)23(29)26-16-7-10-20(24)19(14-16)21-5-2-3-11-25-21/h2-3,5,7-11,13-14H,4,6,12H2,1H3,(H,26,29). The summed E-state index contributed by atoms with van der Waals surface area (Å²) < 4.78 is 0. The van der Waals surface area contributed by atoms with E-state index in [1.165, 1.54) is 0 Å². The molecule has 0 radical (unpaired) electrons. The first-order chi connectivity index (χ1) is 14.0. The lowest BCUT2D eigenvalue weighted by molar-refractivity contribution is -0.117. The Hall–Kier alpha value is -3.18. The van der Waals surface area contributed by atoms with E-state index in [4.69, 9.17) is 11.6 Å². The molecule has 0 aliphatic carbocycles. The summed E-state index contributed by atoms with van der Waals surface area (Å²) in [6, 6.07) is 16.4. The van der Waals surface area contributed by atoms with Gasteiger partial charge in [-0.15, -0.1) is 0 Å². The van der Waals surface area contributed by atoms with Crippen molar-refractivity contribution < 1.29 is 9.59 Å². The number of hydrogen-bond donors (Lipinski definition) is 1. The smallest absolute Gasteiger partial charge is 0.255 e. The summed E-state index contributed by atoms with van der Waals surface area (Å²) >= 11 is 6.32. The number of amides is 2. The van der Waals surface area contributed by atoms with Gasteiger partial charge in [0.05, 0.1) is 10.7 Å². The lowest BCUT2D eigenvalue weighted by atomic mass is 10.1. The number of anilines is 2. The molecule has 2 amide bonds. The quantitative estimate of drug-likeness (QED) is 0.657. The van der Waals surface area contributed by atoms with Crippen molar-refractivity contribution in [2.24, 2.45) is 0 Å². The highest BCUT2D eigenvalue weighted by Gasteiger charge is 2.22. The predicted octanol–water partition coefficient (Wildman–Crippen LogP) is 5.09. The van der Waals surface area contributed by atoms with E-state index in [2.05, 4.69) is 10.3 Å². The molecule has 2 heterocycles. The Bertz CT molecular complexity index is 1080. The van der Waals surface area contributed by atoms with E-state index in [9.17, 15) is 9.59 Å². The van der Waals surface area contributed by atoms with E-state index in [0.717, 1.165) is 35.5 Å². The molecule has 5 nitrogen and oxygen atoms in total. The van der Waals surface area contributed by atoms with Gasteiger partial charge in [-0.1, -0.05) is 17.7 Å². The molecule has 1 aromatic heterocycles. The van der Waals surface area contributed by atoms with Gasteiger partial charge < -0.3 is 10.2 Å². The van der Waals surface area contributed by atoms with Gasteiger partial charge in [-0.05, 0) is 67.4 Å². The van der Waals surface area contributed by atoms with Crippen LogP contribution in [0.1, 0.15) is 28.8 Å². The largest absolute Gasteiger partial charge is 0.322 e. The highest BCUT2D eigenvalue weighted by atomic mass is 35.5. The van der Waals surface area contributed by atoms with E-state index in [0.29, 0.717) is 22.7 Å². The van der Waals surface area contributed by atoms with Crippen LogP contribution in [0.3, 0.4) is 0 Å². The van der Waals surface area contributed by atoms with Gasteiger partial charge in [-0.25, -0.2) is 0 Å². The molecule has 4 rings (SSSR count). The summed E-state index contributed by atoms with van der Waals surface area (Å²) in [7, 11) is 0. The number of carbonyl (C=O) groups excluding carboxylic acids is 2. The minimum Gasteiger partial charge on any atom is -0.322 e. The maximum absolute atomic E-state index is 12.8. The number of aryl methyl sites for hydroxylation is 1.